The smallest absolute Gasteiger partial charge is 0.0512 e. The molecule has 2 heterocycles. The van der Waals surface area contributed by atoms with Crippen molar-refractivity contribution in [1.29, 1.82) is 0 Å². The summed E-state index contributed by atoms with van der Waals surface area (Å²) in [6, 6.07) is 2.76. The van der Waals surface area contributed by atoms with E-state index in [4.69, 9.17) is 4.74 Å². The molecular formula is C13H21NOS. The Morgan fingerprint density at radius 1 is 1.50 bits per heavy atom. The van der Waals surface area contributed by atoms with Crippen molar-refractivity contribution in [2.24, 2.45) is 5.92 Å². The third kappa shape index (κ3) is 2.47. The van der Waals surface area contributed by atoms with Gasteiger partial charge >= 0.3 is 0 Å². The monoisotopic (exact) mass is 239 g/mol. The molecule has 0 spiro atoms. The lowest BCUT2D eigenvalue weighted by atomic mass is 9.91. The molecule has 2 nitrogen and oxygen atoms in total. The topological polar surface area (TPSA) is 21.3 Å². The van der Waals surface area contributed by atoms with Crippen LogP contribution in [0.5, 0.6) is 0 Å². The number of ether oxygens (including phenoxy) is 1. The normalized spacial score (nSPS) is 23.3. The average molecular weight is 239 g/mol. The Morgan fingerprint density at radius 2 is 2.31 bits per heavy atom. The van der Waals surface area contributed by atoms with E-state index in [0.29, 0.717) is 12.0 Å². The third-order valence-corrected chi connectivity index (χ3v) is 4.58. The molecule has 1 fully saturated rings. The Balaban J connectivity index is 2.17. The van der Waals surface area contributed by atoms with Crippen LogP contribution in [0.4, 0.5) is 0 Å². The van der Waals surface area contributed by atoms with E-state index in [1.165, 1.54) is 28.2 Å². The standard InChI is InChI=1S/C13H21NOS/c1-9-7-10(2)16-13(9)12(14-3)11-5-4-6-15-8-11/h7,11-12,14H,4-6,8H2,1-3H3. The van der Waals surface area contributed by atoms with Crippen LogP contribution in [0.25, 0.3) is 0 Å². The molecule has 2 unspecified atom stereocenters. The Bertz CT molecular complexity index is 342. The number of hydrogen-bond donors (Lipinski definition) is 1. The van der Waals surface area contributed by atoms with Gasteiger partial charge in [-0.05, 0) is 45.4 Å². The fraction of sp³-hybridized carbons (Fsp3) is 0.692. The van der Waals surface area contributed by atoms with Gasteiger partial charge in [0, 0.05) is 28.3 Å². The molecule has 0 aliphatic carbocycles. The molecule has 1 aromatic rings. The van der Waals surface area contributed by atoms with Gasteiger partial charge in [0.25, 0.3) is 0 Å². The van der Waals surface area contributed by atoms with Crippen molar-refractivity contribution in [3.8, 4) is 0 Å². The molecule has 0 amide bonds. The molecule has 0 aromatic carbocycles. The number of thiophene rings is 1. The Labute approximate surface area is 102 Å². The van der Waals surface area contributed by atoms with E-state index in [-0.39, 0.29) is 0 Å². The average Bonchev–Trinajstić information content (AvgIpc) is 2.61. The van der Waals surface area contributed by atoms with Crippen molar-refractivity contribution in [2.75, 3.05) is 20.3 Å². The molecule has 2 rings (SSSR count). The maximum absolute atomic E-state index is 5.60. The highest BCUT2D eigenvalue weighted by atomic mass is 32.1. The molecule has 0 saturated carbocycles. The first-order valence-electron chi connectivity index (χ1n) is 6.04. The van der Waals surface area contributed by atoms with Crippen molar-refractivity contribution in [3.05, 3.63) is 21.4 Å². The van der Waals surface area contributed by atoms with Crippen LogP contribution in [0.15, 0.2) is 6.07 Å². The first kappa shape index (κ1) is 12.1. The van der Waals surface area contributed by atoms with Gasteiger partial charge in [0.1, 0.15) is 0 Å². The molecule has 1 aliphatic rings. The van der Waals surface area contributed by atoms with Crippen LogP contribution < -0.4 is 5.32 Å². The zero-order valence-electron chi connectivity index (χ0n) is 10.4. The maximum atomic E-state index is 5.60. The largest absolute Gasteiger partial charge is 0.381 e. The Hall–Kier alpha value is -0.380. The van der Waals surface area contributed by atoms with Crippen LogP contribution in [0.3, 0.4) is 0 Å². The lowest BCUT2D eigenvalue weighted by Gasteiger charge is -2.30. The first-order chi connectivity index (χ1) is 7.72. The SMILES string of the molecule is CNC(c1sc(C)cc1C)C1CCCOC1. The minimum Gasteiger partial charge on any atom is -0.381 e. The molecule has 16 heavy (non-hydrogen) atoms. The number of hydrogen-bond acceptors (Lipinski definition) is 3. The van der Waals surface area contributed by atoms with Crippen LogP contribution in [0, 0.1) is 19.8 Å². The van der Waals surface area contributed by atoms with Crippen LogP contribution in [-0.2, 0) is 4.74 Å². The first-order valence-corrected chi connectivity index (χ1v) is 6.86. The van der Waals surface area contributed by atoms with Crippen LogP contribution in [0.1, 0.15) is 34.2 Å². The van der Waals surface area contributed by atoms with Gasteiger partial charge in [0.15, 0.2) is 0 Å². The van der Waals surface area contributed by atoms with E-state index in [0.717, 1.165) is 13.2 Å². The van der Waals surface area contributed by atoms with Crippen molar-refractivity contribution in [1.82, 2.24) is 5.32 Å². The van der Waals surface area contributed by atoms with Crippen LogP contribution in [0.2, 0.25) is 0 Å². The van der Waals surface area contributed by atoms with E-state index in [1.54, 1.807) is 0 Å². The van der Waals surface area contributed by atoms with Gasteiger partial charge in [-0.25, -0.2) is 0 Å². The third-order valence-electron chi connectivity index (χ3n) is 3.34. The van der Waals surface area contributed by atoms with E-state index in [2.05, 4.69) is 32.3 Å². The quantitative estimate of drug-likeness (QED) is 0.875. The molecule has 0 radical (unpaired) electrons. The summed E-state index contributed by atoms with van der Waals surface area (Å²) in [5.41, 5.74) is 1.42. The predicted octanol–water partition coefficient (Wildman–Crippen LogP) is 3.05. The lowest BCUT2D eigenvalue weighted by molar-refractivity contribution is 0.0406. The van der Waals surface area contributed by atoms with Crippen molar-refractivity contribution in [3.63, 3.8) is 0 Å². The van der Waals surface area contributed by atoms with Crippen molar-refractivity contribution in [2.45, 2.75) is 32.7 Å². The molecule has 90 valence electrons. The fourth-order valence-electron chi connectivity index (χ4n) is 2.58. The maximum Gasteiger partial charge on any atom is 0.0512 e. The van der Waals surface area contributed by atoms with Crippen molar-refractivity contribution < 1.29 is 4.74 Å². The fourth-order valence-corrected chi connectivity index (χ4v) is 3.82. The summed E-state index contributed by atoms with van der Waals surface area (Å²) in [5, 5.41) is 3.47. The summed E-state index contributed by atoms with van der Waals surface area (Å²) < 4.78 is 5.60. The minimum atomic E-state index is 0.471. The van der Waals surface area contributed by atoms with Gasteiger partial charge in [0.05, 0.1) is 6.61 Å². The van der Waals surface area contributed by atoms with E-state index in [9.17, 15) is 0 Å². The summed E-state index contributed by atoms with van der Waals surface area (Å²) in [7, 11) is 2.06. The molecule has 1 aliphatic heterocycles. The second kappa shape index (κ2) is 5.30. The molecule has 1 aromatic heterocycles. The molecular weight excluding hydrogens is 218 g/mol. The zero-order chi connectivity index (χ0) is 11.5. The van der Waals surface area contributed by atoms with Crippen molar-refractivity contribution >= 4 is 11.3 Å². The van der Waals surface area contributed by atoms with Gasteiger partial charge in [-0.2, -0.15) is 0 Å². The molecule has 1 saturated heterocycles. The summed E-state index contributed by atoms with van der Waals surface area (Å²) in [6.45, 7) is 6.25. The lowest BCUT2D eigenvalue weighted by Crippen LogP contribution is -2.31. The Morgan fingerprint density at radius 3 is 2.81 bits per heavy atom. The summed E-state index contributed by atoms with van der Waals surface area (Å²) in [6.07, 6.45) is 2.48. The second-order valence-corrected chi connectivity index (χ2v) is 5.94. The van der Waals surface area contributed by atoms with Gasteiger partial charge < -0.3 is 10.1 Å². The highest BCUT2D eigenvalue weighted by Crippen LogP contribution is 2.35. The van der Waals surface area contributed by atoms with Crippen LogP contribution >= 0.6 is 11.3 Å². The molecule has 2 atom stereocenters. The zero-order valence-corrected chi connectivity index (χ0v) is 11.2. The Kier molecular flexibility index (Phi) is 4.00. The molecule has 0 bridgehead atoms. The number of nitrogens with one attached hydrogen (secondary N) is 1. The van der Waals surface area contributed by atoms with E-state index in [1.807, 2.05) is 11.3 Å². The number of aryl methyl sites for hydroxylation is 2. The summed E-state index contributed by atoms with van der Waals surface area (Å²) in [5.74, 6) is 0.635. The van der Waals surface area contributed by atoms with Gasteiger partial charge in [0.2, 0.25) is 0 Å². The van der Waals surface area contributed by atoms with Gasteiger partial charge in [-0.15, -0.1) is 11.3 Å². The second-order valence-electron chi connectivity index (χ2n) is 4.65. The highest BCUT2D eigenvalue weighted by Gasteiger charge is 2.26. The van der Waals surface area contributed by atoms with E-state index >= 15 is 0 Å². The highest BCUT2D eigenvalue weighted by molar-refractivity contribution is 7.12. The van der Waals surface area contributed by atoms with Crippen LogP contribution in [-0.4, -0.2) is 20.3 Å². The predicted molar refractivity (Wildman–Crippen MR) is 69.1 cm³/mol. The minimum absolute atomic E-state index is 0.471. The summed E-state index contributed by atoms with van der Waals surface area (Å²) in [4.78, 5) is 2.90. The summed E-state index contributed by atoms with van der Waals surface area (Å²) >= 11 is 1.92. The van der Waals surface area contributed by atoms with Gasteiger partial charge in [-0.3, -0.25) is 0 Å². The van der Waals surface area contributed by atoms with Gasteiger partial charge in [-0.1, -0.05) is 0 Å². The molecule has 1 N–H and O–H groups in total. The van der Waals surface area contributed by atoms with E-state index < -0.39 is 0 Å². The number of rotatable bonds is 3. The molecule has 3 heteroatoms.